The average Bonchev–Trinajstić information content (AvgIpc) is 3.26. The molecule has 13 heteroatoms. The lowest BCUT2D eigenvalue weighted by molar-refractivity contribution is -0.220. The highest BCUT2D eigenvalue weighted by Crippen LogP contribution is 2.47. The molecule has 62 heavy (non-hydrogen) atoms. The van der Waals surface area contributed by atoms with Crippen molar-refractivity contribution in [2.45, 2.75) is 236 Å². The van der Waals surface area contributed by atoms with Crippen molar-refractivity contribution in [1.82, 2.24) is 0 Å². The molecule has 0 radical (unpaired) electrons. The Balaban J connectivity index is 2.37. The highest BCUT2D eigenvalue weighted by molar-refractivity contribution is 7.47. The number of phosphoric acid groups is 1. The summed E-state index contributed by atoms with van der Waals surface area (Å²) in [6, 6.07) is 0. The number of carbonyl (C=O) groups is 1. The van der Waals surface area contributed by atoms with E-state index < -0.39 is 63.1 Å². The van der Waals surface area contributed by atoms with Gasteiger partial charge in [0.05, 0.1) is 13.2 Å². The fourth-order valence-electron chi connectivity index (χ4n) is 7.35. The molecular weight excluding hydrogens is 812 g/mol. The van der Waals surface area contributed by atoms with E-state index in [0.29, 0.717) is 13.0 Å². The van der Waals surface area contributed by atoms with Crippen LogP contribution in [0.4, 0.5) is 0 Å². The highest BCUT2D eigenvalue weighted by atomic mass is 31.2. The molecule has 6 unspecified atom stereocenters. The van der Waals surface area contributed by atoms with Crippen LogP contribution < -0.4 is 0 Å². The second-order valence-corrected chi connectivity index (χ2v) is 18.3. The van der Waals surface area contributed by atoms with Crippen molar-refractivity contribution in [2.75, 3.05) is 19.8 Å². The summed E-state index contributed by atoms with van der Waals surface area (Å²) >= 11 is 0. The molecule has 0 aromatic heterocycles. The van der Waals surface area contributed by atoms with Crippen LogP contribution in [0.1, 0.15) is 194 Å². The summed E-state index contributed by atoms with van der Waals surface area (Å²) in [5.41, 5.74) is 0. The number of aliphatic hydroxyl groups is 5. The van der Waals surface area contributed by atoms with Gasteiger partial charge in [-0.1, -0.05) is 184 Å². The van der Waals surface area contributed by atoms with Gasteiger partial charge in [0.2, 0.25) is 0 Å². The van der Waals surface area contributed by atoms with E-state index in [-0.39, 0.29) is 13.0 Å². The van der Waals surface area contributed by atoms with Gasteiger partial charge in [0.1, 0.15) is 42.7 Å². The monoisotopic (exact) mass is 901 g/mol. The SMILES string of the molecule is CC/C=C\C/C=C\C/C=C\C/C=C\CCCCCCCCCOCC(COP(=O)(O)OC1C(O)C(O)C(O)C(O)C1O)OC(=O)CCCCCCCCCCCCCCCCC. The molecule has 0 amide bonds. The maximum Gasteiger partial charge on any atom is 0.472 e. The lowest BCUT2D eigenvalue weighted by Gasteiger charge is -2.41. The third-order valence-electron chi connectivity index (χ3n) is 11.2. The van der Waals surface area contributed by atoms with Crippen molar-refractivity contribution in [2.24, 2.45) is 0 Å². The molecule has 1 fully saturated rings. The maximum atomic E-state index is 12.8. The molecule has 0 aromatic rings. The van der Waals surface area contributed by atoms with Crippen LogP contribution in [0.25, 0.3) is 0 Å². The lowest BCUT2D eigenvalue weighted by atomic mass is 9.85. The number of phosphoric ester groups is 1. The summed E-state index contributed by atoms with van der Waals surface area (Å²) in [5, 5.41) is 50.2. The van der Waals surface area contributed by atoms with Crippen LogP contribution in [0.15, 0.2) is 48.6 Å². The second kappa shape index (κ2) is 39.6. The summed E-state index contributed by atoms with van der Waals surface area (Å²) in [7, 11) is -5.02. The molecule has 0 heterocycles. The molecule has 1 rings (SSSR count). The summed E-state index contributed by atoms with van der Waals surface area (Å²) in [6.45, 7) is 4.14. The number of unbranched alkanes of at least 4 members (excludes halogenated alkanes) is 21. The first-order valence-electron chi connectivity index (χ1n) is 24.5. The van der Waals surface area contributed by atoms with E-state index in [0.717, 1.165) is 77.0 Å². The molecule has 0 saturated heterocycles. The fourth-order valence-corrected chi connectivity index (χ4v) is 8.32. The Hall–Kier alpha value is -1.70. The predicted molar refractivity (Wildman–Crippen MR) is 249 cm³/mol. The number of carbonyl (C=O) groups excluding carboxylic acids is 1. The topological polar surface area (TPSA) is 192 Å². The number of allylic oxidation sites excluding steroid dienone is 8. The Morgan fingerprint density at radius 2 is 0.952 bits per heavy atom. The highest BCUT2D eigenvalue weighted by Gasteiger charge is 2.51. The van der Waals surface area contributed by atoms with Gasteiger partial charge in [-0.15, -0.1) is 0 Å². The van der Waals surface area contributed by atoms with Crippen LogP contribution in [-0.2, 0) is 27.9 Å². The molecule has 1 aliphatic carbocycles. The molecule has 0 bridgehead atoms. The first kappa shape index (κ1) is 58.3. The van der Waals surface area contributed by atoms with E-state index in [4.69, 9.17) is 18.5 Å². The van der Waals surface area contributed by atoms with E-state index in [1.807, 2.05) is 0 Å². The molecule has 0 spiro atoms. The van der Waals surface area contributed by atoms with Crippen LogP contribution in [0.5, 0.6) is 0 Å². The number of ether oxygens (including phenoxy) is 2. The number of hydrogen-bond donors (Lipinski definition) is 6. The zero-order valence-corrected chi connectivity index (χ0v) is 39.6. The second-order valence-electron chi connectivity index (χ2n) is 16.9. The Labute approximate surface area is 375 Å². The van der Waals surface area contributed by atoms with Gasteiger partial charge in [-0.2, -0.15) is 0 Å². The van der Waals surface area contributed by atoms with Gasteiger partial charge in [-0.3, -0.25) is 13.8 Å². The smallest absolute Gasteiger partial charge is 0.457 e. The van der Waals surface area contributed by atoms with Gasteiger partial charge >= 0.3 is 13.8 Å². The van der Waals surface area contributed by atoms with Gasteiger partial charge in [-0.25, -0.2) is 4.57 Å². The van der Waals surface area contributed by atoms with E-state index >= 15 is 0 Å². The van der Waals surface area contributed by atoms with Gasteiger partial charge in [0, 0.05) is 13.0 Å². The first-order valence-corrected chi connectivity index (χ1v) is 26.0. The van der Waals surface area contributed by atoms with Crippen LogP contribution >= 0.6 is 7.82 Å². The Kier molecular flexibility index (Phi) is 37.3. The molecular formula is C49H89O12P. The molecule has 0 aliphatic heterocycles. The summed E-state index contributed by atoms with van der Waals surface area (Å²) in [6.07, 6.45) is 36.0. The number of esters is 1. The standard InChI is InChI=1S/C49H89O12P/c1-3-5-7-9-11-13-15-17-19-20-21-22-23-25-27-29-31-33-35-37-39-58-40-42(41-59-62(56,57)61-49-47(54)45(52)44(51)46(53)48(49)55)60-43(50)38-36-34-32-30-28-26-24-18-16-14-12-10-8-6-4-2/h5,7,11,13,17,19,21-22,42,44-49,51-55H,3-4,6,8-10,12,14-16,18,20,23-41H2,1-2H3,(H,56,57)/b7-5-,13-11-,19-17-,22-21-. The lowest BCUT2D eigenvalue weighted by Crippen LogP contribution is -2.64. The van der Waals surface area contributed by atoms with Crippen molar-refractivity contribution in [3.63, 3.8) is 0 Å². The van der Waals surface area contributed by atoms with Gasteiger partial charge in [0.15, 0.2) is 0 Å². The minimum atomic E-state index is -5.02. The molecule has 362 valence electrons. The van der Waals surface area contributed by atoms with Crippen LogP contribution in [-0.4, -0.2) is 98.9 Å². The molecule has 12 nitrogen and oxygen atoms in total. The number of rotatable bonds is 41. The first-order chi connectivity index (χ1) is 30.0. The molecule has 0 aromatic carbocycles. The zero-order valence-electron chi connectivity index (χ0n) is 38.7. The van der Waals surface area contributed by atoms with Crippen LogP contribution in [0.2, 0.25) is 0 Å². The molecule has 6 atom stereocenters. The minimum absolute atomic E-state index is 0.0831. The third-order valence-corrected chi connectivity index (χ3v) is 12.2. The van der Waals surface area contributed by atoms with Crippen molar-refractivity contribution in [3.05, 3.63) is 48.6 Å². The summed E-state index contributed by atoms with van der Waals surface area (Å²) < 4.78 is 34.2. The fraction of sp³-hybridized carbons (Fsp3) is 0.816. The Morgan fingerprint density at radius 1 is 0.532 bits per heavy atom. The molecule has 1 aliphatic rings. The summed E-state index contributed by atoms with van der Waals surface area (Å²) in [4.78, 5) is 23.2. The van der Waals surface area contributed by atoms with Crippen molar-refractivity contribution < 1.29 is 58.3 Å². The van der Waals surface area contributed by atoms with Crippen LogP contribution in [0.3, 0.4) is 0 Å². The van der Waals surface area contributed by atoms with Crippen molar-refractivity contribution in [3.8, 4) is 0 Å². The predicted octanol–water partition coefficient (Wildman–Crippen LogP) is 10.4. The van der Waals surface area contributed by atoms with Crippen molar-refractivity contribution >= 4 is 13.8 Å². The van der Waals surface area contributed by atoms with Crippen molar-refractivity contribution in [1.29, 1.82) is 0 Å². The third kappa shape index (κ3) is 31.2. The van der Waals surface area contributed by atoms with Gasteiger partial charge in [0.25, 0.3) is 0 Å². The van der Waals surface area contributed by atoms with Gasteiger partial charge in [-0.05, 0) is 51.4 Å². The van der Waals surface area contributed by atoms with Crippen LogP contribution in [0, 0.1) is 0 Å². The number of hydrogen-bond acceptors (Lipinski definition) is 11. The largest absolute Gasteiger partial charge is 0.472 e. The normalized spacial score (nSPS) is 22.4. The van der Waals surface area contributed by atoms with E-state index in [9.17, 15) is 39.8 Å². The average molecular weight is 901 g/mol. The van der Waals surface area contributed by atoms with E-state index in [2.05, 4.69) is 62.5 Å². The Morgan fingerprint density at radius 3 is 1.45 bits per heavy atom. The number of aliphatic hydroxyl groups excluding tert-OH is 5. The molecule has 1 saturated carbocycles. The summed E-state index contributed by atoms with van der Waals surface area (Å²) in [5.74, 6) is -0.481. The maximum absolute atomic E-state index is 12.8. The van der Waals surface area contributed by atoms with E-state index in [1.54, 1.807) is 0 Å². The quantitative estimate of drug-likeness (QED) is 0.0147. The zero-order chi connectivity index (χ0) is 45.5. The van der Waals surface area contributed by atoms with Gasteiger partial charge < -0.3 is 39.9 Å². The Bertz CT molecular complexity index is 1210. The van der Waals surface area contributed by atoms with E-state index in [1.165, 1.54) is 89.9 Å². The minimum Gasteiger partial charge on any atom is -0.457 e. The molecule has 6 N–H and O–H groups in total.